The smallest absolute Gasteiger partial charge is 0.305 e. The van der Waals surface area contributed by atoms with Crippen molar-refractivity contribution in [2.45, 2.75) is 180 Å². The molecule has 196 valence electrons. The number of ether oxygens (including phenoxy) is 2. The SMILES string of the molecule is CCCCCCCCCCCCOC(=O)CCCCCCC[C@@H]1O[C@@H]1CCCCCCCC. The number of carbonyl (C=O) groups excluding carboxylic acids is 1. The zero-order valence-electron chi connectivity index (χ0n) is 22.6. The third-order valence-electron chi connectivity index (χ3n) is 7.16. The van der Waals surface area contributed by atoms with E-state index in [-0.39, 0.29) is 5.97 Å². The molecule has 1 fully saturated rings. The fourth-order valence-electron chi connectivity index (χ4n) is 4.81. The van der Waals surface area contributed by atoms with E-state index in [1.54, 1.807) is 0 Å². The summed E-state index contributed by atoms with van der Waals surface area (Å²) < 4.78 is 11.2. The summed E-state index contributed by atoms with van der Waals surface area (Å²) in [5, 5.41) is 0. The predicted molar refractivity (Wildman–Crippen MR) is 142 cm³/mol. The Labute approximate surface area is 207 Å². The molecule has 1 rings (SSSR count). The number of hydrogen-bond acceptors (Lipinski definition) is 3. The van der Waals surface area contributed by atoms with Crippen molar-refractivity contribution in [3.63, 3.8) is 0 Å². The highest BCUT2D eigenvalue weighted by Gasteiger charge is 2.36. The van der Waals surface area contributed by atoms with Gasteiger partial charge in [-0.25, -0.2) is 0 Å². The first kappa shape index (κ1) is 30.5. The fourth-order valence-corrected chi connectivity index (χ4v) is 4.81. The van der Waals surface area contributed by atoms with Gasteiger partial charge in [0.25, 0.3) is 0 Å². The molecule has 1 heterocycles. The Morgan fingerprint density at radius 3 is 1.42 bits per heavy atom. The average Bonchev–Trinajstić information content (AvgIpc) is 3.57. The molecule has 0 N–H and O–H groups in total. The lowest BCUT2D eigenvalue weighted by atomic mass is 10.0. The van der Waals surface area contributed by atoms with Crippen LogP contribution >= 0.6 is 0 Å². The van der Waals surface area contributed by atoms with Gasteiger partial charge in [0.1, 0.15) is 0 Å². The van der Waals surface area contributed by atoms with Crippen LogP contribution in [0.5, 0.6) is 0 Å². The maximum Gasteiger partial charge on any atom is 0.305 e. The van der Waals surface area contributed by atoms with Gasteiger partial charge < -0.3 is 9.47 Å². The van der Waals surface area contributed by atoms with Crippen LogP contribution < -0.4 is 0 Å². The fraction of sp³-hybridized carbons (Fsp3) is 0.967. The largest absolute Gasteiger partial charge is 0.466 e. The summed E-state index contributed by atoms with van der Waals surface area (Å²) in [7, 11) is 0. The molecule has 0 aromatic carbocycles. The summed E-state index contributed by atoms with van der Waals surface area (Å²) in [6.45, 7) is 5.17. The van der Waals surface area contributed by atoms with Crippen LogP contribution in [-0.4, -0.2) is 24.8 Å². The minimum absolute atomic E-state index is 0.00911. The number of esters is 1. The second-order valence-electron chi connectivity index (χ2n) is 10.5. The van der Waals surface area contributed by atoms with Crippen LogP contribution in [0.4, 0.5) is 0 Å². The van der Waals surface area contributed by atoms with Crippen LogP contribution in [-0.2, 0) is 14.3 Å². The molecule has 0 aromatic rings. The Hall–Kier alpha value is -0.570. The Bertz CT molecular complexity index is 423. The van der Waals surface area contributed by atoms with Crippen molar-refractivity contribution in [3.05, 3.63) is 0 Å². The Morgan fingerprint density at radius 1 is 0.545 bits per heavy atom. The summed E-state index contributed by atoms with van der Waals surface area (Å²) in [5.74, 6) is 0.00911. The lowest BCUT2D eigenvalue weighted by Gasteiger charge is -2.05. The van der Waals surface area contributed by atoms with Crippen molar-refractivity contribution in [1.29, 1.82) is 0 Å². The van der Waals surface area contributed by atoms with Gasteiger partial charge >= 0.3 is 5.97 Å². The Morgan fingerprint density at radius 2 is 0.939 bits per heavy atom. The van der Waals surface area contributed by atoms with Crippen LogP contribution in [0.1, 0.15) is 168 Å². The van der Waals surface area contributed by atoms with E-state index in [1.165, 1.54) is 128 Å². The van der Waals surface area contributed by atoms with E-state index in [0.29, 0.717) is 25.2 Å². The van der Waals surface area contributed by atoms with Gasteiger partial charge in [0.2, 0.25) is 0 Å². The number of rotatable bonds is 26. The molecular weight excluding hydrogens is 408 g/mol. The van der Waals surface area contributed by atoms with Gasteiger partial charge in [-0.1, -0.05) is 136 Å². The quantitative estimate of drug-likeness (QED) is 0.0723. The van der Waals surface area contributed by atoms with E-state index < -0.39 is 0 Å². The highest BCUT2D eigenvalue weighted by atomic mass is 16.6. The zero-order valence-corrected chi connectivity index (χ0v) is 22.6. The molecule has 3 nitrogen and oxygen atoms in total. The van der Waals surface area contributed by atoms with E-state index in [0.717, 1.165) is 19.3 Å². The average molecular weight is 467 g/mol. The number of unbranched alkanes of at least 4 members (excludes halogenated alkanes) is 18. The summed E-state index contributed by atoms with van der Waals surface area (Å²) >= 11 is 0. The highest BCUT2D eigenvalue weighted by Crippen LogP contribution is 2.31. The molecule has 0 amide bonds. The van der Waals surface area contributed by atoms with Gasteiger partial charge in [0, 0.05) is 6.42 Å². The van der Waals surface area contributed by atoms with Gasteiger partial charge in [0.15, 0.2) is 0 Å². The summed E-state index contributed by atoms with van der Waals surface area (Å²) in [6, 6.07) is 0. The molecule has 0 unspecified atom stereocenters. The summed E-state index contributed by atoms with van der Waals surface area (Å²) in [5.41, 5.74) is 0. The molecule has 0 aliphatic carbocycles. The molecule has 2 atom stereocenters. The van der Waals surface area contributed by atoms with Crippen molar-refractivity contribution < 1.29 is 14.3 Å². The van der Waals surface area contributed by atoms with Gasteiger partial charge in [-0.3, -0.25) is 4.79 Å². The monoisotopic (exact) mass is 466 g/mol. The summed E-state index contributed by atoms with van der Waals surface area (Å²) in [6.07, 6.45) is 31.6. The maximum atomic E-state index is 11.8. The van der Waals surface area contributed by atoms with E-state index in [1.807, 2.05) is 0 Å². The molecular formula is C30H58O3. The molecule has 0 spiro atoms. The van der Waals surface area contributed by atoms with Crippen molar-refractivity contribution in [3.8, 4) is 0 Å². The van der Waals surface area contributed by atoms with Crippen LogP contribution in [0.3, 0.4) is 0 Å². The van der Waals surface area contributed by atoms with Crippen LogP contribution in [0.15, 0.2) is 0 Å². The predicted octanol–water partition coefficient (Wildman–Crippen LogP) is 9.70. The maximum absolute atomic E-state index is 11.8. The number of carbonyl (C=O) groups is 1. The molecule has 1 aliphatic heterocycles. The van der Waals surface area contributed by atoms with Gasteiger partial charge in [-0.05, 0) is 25.7 Å². The molecule has 0 bridgehead atoms. The molecule has 0 radical (unpaired) electrons. The van der Waals surface area contributed by atoms with Gasteiger partial charge in [-0.15, -0.1) is 0 Å². The van der Waals surface area contributed by atoms with E-state index in [4.69, 9.17) is 9.47 Å². The topological polar surface area (TPSA) is 38.8 Å². The highest BCUT2D eigenvalue weighted by molar-refractivity contribution is 5.69. The third kappa shape index (κ3) is 20.5. The minimum Gasteiger partial charge on any atom is -0.466 e. The van der Waals surface area contributed by atoms with E-state index in [9.17, 15) is 4.79 Å². The third-order valence-corrected chi connectivity index (χ3v) is 7.16. The second-order valence-corrected chi connectivity index (χ2v) is 10.5. The van der Waals surface area contributed by atoms with Crippen LogP contribution in [0.25, 0.3) is 0 Å². The van der Waals surface area contributed by atoms with Crippen molar-refractivity contribution in [1.82, 2.24) is 0 Å². The lowest BCUT2D eigenvalue weighted by molar-refractivity contribution is -0.143. The summed E-state index contributed by atoms with van der Waals surface area (Å²) in [4.78, 5) is 11.8. The van der Waals surface area contributed by atoms with Crippen molar-refractivity contribution in [2.24, 2.45) is 0 Å². The number of epoxide rings is 1. The molecule has 1 saturated heterocycles. The first-order valence-electron chi connectivity index (χ1n) is 15.1. The van der Waals surface area contributed by atoms with Crippen molar-refractivity contribution in [2.75, 3.05) is 6.61 Å². The first-order valence-corrected chi connectivity index (χ1v) is 15.1. The molecule has 0 aromatic heterocycles. The normalized spacial score (nSPS) is 17.4. The molecule has 33 heavy (non-hydrogen) atoms. The van der Waals surface area contributed by atoms with Crippen LogP contribution in [0.2, 0.25) is 0 Å². The first-order chi connectivity index (χ1) is 16.3. The standard InChI is InChI=1S/C30H58O3/c1-3-5-7-9-11-12-13-14-19-23-27-32-30(31)26-22-18-15-17-21-25-29-28(33-29)24-20-16-10-8-6-4-2/h28-29H,3-27H2,1-2H3/t28-,29+/m1/s1. The minimum atomic E-state index is 0.00911. The van der Waals surface area contributed by atoms with Gasteiger partial charge in [0.05, 0.1) is 18.8 Å². The molecule has 1 aliphatic rings. The second kappa shape index (κ2) is 23.2. The Balaban J connectivity index is 1.73. The van der Waals surface area contributed by atoms with Crippen molar-refractivity contribution >= 4 is 5.97 Å². The molecule has 0 saturated carbocycles. The van der Waals surface area contributed by atoms with E-state index in [2.05, 4.69) is 13.8 Å². The zero-order chi connectivity index (χ0) is 23.8. The van der Waals surface area contributed by atoms with E-state index >= 15 is 0 Å². The number of hydrogen-bond donors (Lipinski definition) is 0. The Kier molecular flexibility index (Phi) is 21.4. The van der Waals surface area contributed by atoms with Crippen LogP contribution in [0, 0.1) is 0 Å². The van der Waals surface area contributed by atoms with Gasteiger partial charge in [-0.2, -0.15) is 0 Å². The molecule has 3 heteroatoms. The lowest BCUT2D eigenvalue weighted by Crippen LogP contribution is -2.05.